The molecule has 1 aliphatic rings. The predicted molar refractivity (Wildman–Crippen MR) is 114 cm³/mol. The summed E-state index contributed by atoms with van der Waals surface area (Å²) in [6, 6.07) is 9.35. The average molecular weight is 452 g/mol. The van der Waals surface area contributed by atoms with Crippen molar-refractivity contribution in [1.82, 2.24) is 4.98 Å². The van der Waals surface area contributed by atoms with Gasteiger partial charge in [0.1, 0.15) is 0 Å². The highest BCUT2D eigenvalue weighted by Crippen LogP contribution is 2.31. The summed E-state index contributed by atoms with van der Waals surface area (Å²) < 4.78 is 24.0. The first-order valence-corrected chi connectivity index (χ1v) is 11.6. The molecule has 3 rings (SSSR count). The van der Waals surface area contributed by atoms with E-state index in [1.165, 1.54) is 18.2 Å². The minimum absolute atomic E-state index is 0.0568. The van der Waals surface area contributed by atoms with E-state index in [1.807, 2.05) is 4.90 Å². The summed E-state index contributed by atoms with van der Waals surface area (Å²) in [4.78, 5) is 29.8. The van der Waals surface area contributed by atoms with Crippen molar-refractivity contribution in [2.45, 2.75) is 24.3 Å². The Morgan fingerprint density at radius 3 is 2.53 bits per heavy atom. The molecule has 0 radical (unpaired) electrons. The Hall–Kier alpha value is -2.65. The fourth-order valence-electron chi connectivity index (χ4n) is 3.40. The van der Waals surface area contributed by atoms with Gasteiger partial charge in [-0.05, 0) is 49.1 Å². The number of hydrogen-bond acceptors (Lipinski definition) is 6. The van der Waals surface area contributed by atoms with Crippen LogP contribution in [0, 0.1) is 5.92 Å². The third-order valence-corrected chi connectivity index (χ3v) is 6.16. The Bertz CT molecular complexity index is 1070. The number of nitrogens with zero attached hydrogens (tertiary/aromatic N) is 2. The SMILES string of the molecule is CS(=O)(=O)c1ccc(NC(=O)c2cccc(Cl)c2)c(N2CCC(CC(=O)O)CC2)n1. The van der Waals surface area contributed by atoms with Crippen LogP contribution in [0.3, 0.4) is 0 Å². The number of aliphatic carboxylic acids is 1. The van der Waals surface area contributed by atoms with Crippen molar-refractivity contribution in [3.8, 4) is 0 Å². The summed E-state index contributed by atoms with van der Waals surface area (Å²) in [7, 11) is -3.54. The van der Waals surface area contributed by atoms with Gasteiger partial charge < -0.3 is 15.3 Å². The normalized spacial score (nSPS) is 15.1. The molecule has 8 nitrogen and oxygen atoms in total. The number of hydrogen-bond donors (Lipinski definition) is 2. The number of benzene rings is 1. The number of nitrogens with one attached hydrogen (secondary N) is 1. The molecule has 0 bridgehead atoms. The predicted octanol–water partition coefficient (Wildman–Crippen LogP) is 3.08. The van der Waals surface area contributed by atoms with Gasteiger partial charge in [-0.3, -0.25) is 9.59 Å². The van der Waals surface area contributed by atoms with Gasteiger partial charge in [0.25, 0.3) is 5.91 Å². The molecule has 2 heterocycles. The Kier molecular flexibility index (Phi) is 6.62. The summed E-state index contributed by atoms with van der Waals surface area (Å²) in [6.07, 6.45) is 2.45. The number of carboxylic acid groups (broad SMARTS) is 1. The number of anilines is 2. The topological polar surface area (TPSA) is 117 Å². The molecule has 1 aliphatic heterocycles. The van der Waals surface area contributed by atoms with Gasteiger partial charge in [0.05, 0.1) is 5.69 Å². The first kappa shape index (κ1) is 22.0. The van der Waals surface area contributed by atoms with E-state index in [9.17, 15) is 18.0 Å². The van der Waals surface area contributed by atoms with Gasteiger partial charge in [0.2, 0.25) is 0 Å². The third kappa shape index (κ3) is 5.48. The first-order valence-electron chi connectivity index (χ1n) is 9.38. The molecule has 160 valence electrons. The highest BCUT2D eigenvalue weighted by atomic mass is 35.5. The van der Waals surface area contributed by atoms with E-state index in [1.54, 1.807) is 18.2 Å². The largest absolute Gasteiger partial charge is 0.481 e. The maximum atomic E-state index is 12.7. The number of amides is 1. The lowest BCUT2D eigenvalue weighted by atomic mass is 9.93. The summed E-state index contributed by atoms with van der Waals surface area (Å²) in [5, 5.41) is 12.1. The van der Waals surface area contributed by atoms with Crippen LogP contribution in [-0.4, -0.2) is 49.7 Å². The zero-order valence-corrected chi connectivity index (χ0v) is 17.9. The van der Waals surface area contributed by atoms with E-state index in [-0.39, 0.29) is 17.4 Å². The molecule has 0 unspecified atom stereocenters. The Morgan fingerprint density at radius 1 is 1.23 bits per heavy atom. The number of carbonyl (C=O) groups is 2. The molecule has 0 aliphatic carbocycles. The Labute approximate surface area is 179 Å². The minimum atomic E-state index is -3.54. The van der Waals surface area contributed by atoms with E-state index >= 15 is 0 Å². The molecule has 0 saturated carbocycles. The van der Waals surface area contributed by atoms with Crippen LogP contribution in [0.2, 0.25) is 5.02 Å². The lowest BCUT2D eigenvalue weighted by Crippen LogP contribution is -2.35. The van der Waals surface area contributed by atoms with Crippen molar-refractivity contribution in [2.75, 3.05) is 29.6 Å². The third-order valence-electron chi connectivity index (χ3n) is 4.94. The van der Waals surface area contributed by atoms with Gasteiger partial charge in [0.15, 0.2) is 20.7 Å². The van der Waals surface area contributed by atoms with Crippen LogP contribution >= 0.6 is 11.6 Å². The lowest BCUT2D eigenvalue weighted by molar-refractivity contribution is -0.138. The molecule has 1 aromatic heterocycles. The molecule has 0 atom stereocenters. The van der Waals surface area contributed by atoms with Crippen molar-refractivity contribution in [3.05, 3.63) is 47.0 Å². The van der Waals surface area contributed by atoms with Crippen LogP contribution in [0.25, 0.3) is 0 Å². The number of sulfone groups is 1. The van der Waals surface area contributed by atoms with E-state index in [0.29, 0.717) is 48.0 Å². The Morgan fingerprint density at radius 2 is 1.93 bits per heavy atom. The molecule has 0 spiro atoms. The van der Waals surface area contributed by atoms with E-state index < -0.39 is 21.7 Å². The molecule has 2 aromatic rings. The van der Waals surface area contributed by atoms with Crippen molar-refractivity contribution in [3.63, 3.8) is 0 Å². The lowest BCUT2D eigenvalue weighted by Gasteiger charge is -2.33. The fourth-order valence-corrected chi connectivity index (χ4v) is 4.15. The number of piperidine rings is 1. The number of halogens is 1. The number of carbonyl (C=O) groups excluding carboxylic acids is 1. The zero-order valence-electron chi connectivity index (χ0n) is 16.3. The summed E-state index contributed by atoms with van der Waals surface area (Å²) in [5.41, 5.74) is 0.741. The van der Waals surface area contributed by atoms with Crippen molar-refractivity contribution in [2.24, 2.45) is 5.92 Å². The molecule has 2 N–H and O–H groups in total. The molecule has 1 fully saturated rings. The first-order chi connectivity index (χ1) is 14.1. The maximum Gasteiger partial charge on any atom is 0.303 e. The average Bonchev–Trinajstić information content (AvgIpc) is 2.67. The molecule has 1 saturated heterocycles. The fraction of sp³-hybridized carbons (Fsp3) is 0.350. The van der Waals surface area contributed by atoms with Gasteiger partial charge in [-0.25, -0.2) is 13.4 Å². The monoisotopic (exact) mass is 451 g/mol. The number of rotatable bonds is 6. The molecule has 1 amide bonds. The van der Waals surface area contributed by atoms with Crippen LogP contribution in [0.15, 0.2) is 41.4 Å². The second-order valence-corrected chi connectivity index (χ2v) is 9.68. The van der Waals surface area contributed by atoms with Crippen LogP contribution < -0.4 is 10.2 Å². The quantitative estimate of drug-likeness (QED) is 0.693. The van der Waals surface area contributed by atoms with Crippen LogP contribution in [0.5, 0.6) is 0 Å². The molecule has 10 heteroatoms. The van der Waals surface area contributed by atoms with Crippen LogP contribution in [0.4, 0.5) is 11.5 Å². The smallest absolute Gasteiger partial charge is 0.303 e. The second-order valence-electron chi connectivity index (χ2n) is 7.29. The number of aromatic nitrogens is 1. The summed E-state index contributed by atoms with van der Waals surface area (Å²) >= 11 is 5.96. The molecule has 1 aromatic carbocycles. The highest BCUT2D eigenvalue weighted by molar-refractivity contribution is 7.90. The molecular formula is C20H22ClN3O5S. The van der Waals surface area contributed by atoms with E-state index in [4.69, 9.17) is 16.7 Å². The van der Waals surface area contributed by atoms with E-state index in [0.717, 1.165) is 6.26 Å². The van der Waals surface area contributed by atoms with Crippen LogP contribution in [-0.2, 0) is 14.6 Å². The van der Waals surface area contributed by atoms with Gasteiger partial charge >= 0.3 is 5.97 Å². The highest BCUT2D eigenvalue weighted by Gasteiger charge is 2.25. The van der Waals surface area contributed by atoms with Gasteiger partial charge in [-0.1, -0.05) is 17.7 Å². The van der Waals surface area contributed by atoms with E-state index in [2.05, 4.69) is 10.3 Å². The maximum absolute atomic E-state index is 12.7. The number of pyridine rings is 1. The standard InChI is InChI=1S/C20H22ClN3O5S/c1-30(28,29)17-6-5-16(22-20(27)14-3-2-4-15(21)12-14)19(23-17)24-9-7-13(8-10-24)11-18(25)26/h2-6,12-13H,7-11H2,1H3,(H,22,27)(H,25,26). The molecular weight excluding hydrogens is 430 g/mol. The van der Waals surface area contributed by atoms with Crippen molar-refractivity contribution >= 4 is 44.8 Å². The van der Waals surface area contributed by atoms with Crippen molar-refractivity contribution < 1.29 is 23.1 Å². The van der Waals surface area contributed by atoms with Gasteiger partial charge in [-0.15, -0.1) is 0 Å². The summed E-state index contributed by atoms with van der Waals surface area (Å²) in [6.45, 7) is 1.02. The van der Waals surface area contributed by atoms with Crippen molar-refractivity contribution in [1.29, 1.82) is 0 Å². The zero-order chi connectivity index (χ0) is 21.9. The molecule has 30 heavy (non-hydrogen) atoms. The van der Waals surface area contributed by atoms with Gasteiger partial charge in [-0.2, -0.15) is 0 Å². The van der Waals surface area contributed by atoms with Gasteiger partial charge in [0, 0.05) is 36.4 Å². The minimum Gasteiger partial charge on any atom is -0.481 e. The second kappa shape index (κ2) is 9.01. The van der Waals surface area contributed by atoms with Crippen LogP contribution in [0.1, 0.15) is 29.6 Å². The number of carboxylic acids is 1. The summed E-state index contributed by atoms with van der Waals surface area (Å²) in [5.74, 6) is -0.822. The Balaban J connectivity index is 1.88.